The van der Waals surface area contributed by atoms with Crippen LogP contribution in [0.25, 0.3) is 23.1 Å². The van der Waals surface area contributed by atoms with Gasteiger partial charge in [0.05, 0.1) is 11.4 Å². The van der Waals surface area contributed by atoms with Gasteiger partial charge in [-0.3, -0.25) is 4.79 Å². The third-order valence-corrected chi connectivity index (χ3v) is 4.41. The van der Waals surface area contributed by atoms with Gasteiger partial charge in [0, 0.05) is 17.7 Å². The fraction of sp³-hybridized carbons (Fsp3) is 0.0417. The molecular weight excluding hydrogens is 376 g/mol. The zero-order chi connectivity index (χ0) is 20.9. The van der Waals surface area contributed by atoms with Crippen LogP contribution < -0.4 is 5.32 Å². The minimum atomic E-state index is -0.535. The second-order valence-electron chi connectivity index (χ2n) is 6.61. The van der Waals surface area contributed by atoms with Crippen LogP contribution in [0.4, 0.5) is 5.82 Å². The third-order valence-electron chi connectivity index (χ3n) is 4.41. The van der Waals surface area contributed by atoms with E-state index in [0.29, 0.717) is 17.3 Å². The molecule has 0 atom stereocenters. The fourth-order valence-electron chi connectivity index (χ4n) is 3.02. The number of furan rings is 1. The number of anilines is 1. The van der Waals surface area contributed by atoms with Gasteiger partial charge in [0.25, 0.3) is 5.91 Å². The Morgan fingerprint density at radius 3 is 2.47 bits per heavy atom. The summed E-state index contributed by atoms with van der Waals surface area (Å²) in [7, 11) is 0. The van der Waals surface area contributed by atoms with Crippen molar-refractivity contribution >= 4 is 17.8 Å². The van der Waals surface area contributed by atoms with Crippen molar-refractivity contribution < 1.29 is 9.21 Å². The lowest BCUT2D eigenvalue weighted by atomic mass is 10.2. The molecule has 0 unspecified atom stereocenters. The molecule has 2 aromatic carbocycles. The molecule has 1 amide bonds. The lowest BCUT2D eigenvalue weighted by molar-refractivity contribution is -0.112. The predicted molar refractivity (Wildman–Crippen MR) is 115 cm³/mol. The van der Waals surface area contributed by atoms with Crippen molar-refractivity contribution in [3.05, 3.63) is 95.9 Å². The van der Waals surface area contributed by atoms with Gasteiger partial charge < -0.3 is 9.73 Å². The van der Waals surface area contributed by atoms with Crippen molar-refractivity contribution in [2.45, 2.75) is 6.92 Å². The molecule has 0 bridgehead atoms. The quantitative estimate of drug-likeness (QED) is 0.382. The minimum absolute atomic E-state index is 0.0672. The van der Waals surface area contributed by atoms with Gasteiger partial charge in [-0.2, -0.15) is 10.4 Å². The molecule has 0 fully saturated rings. The largest absolute Gasteiger partial charge is 0.457 e. The number of carbonyl (C=O) groups is 1. The molecule has 2 aromatic heterocycles. The number of aryl methyl sites for hydroxylation is 1. The van der Waals surface area contributed by atoms with E-state index in [2.05, 4.69) is 10.4 Å². The molecule has 146 valence electrons. The number of benzene rings is 2. The van der Waals surface area contributed by atoms with E-state index in [1.54, 1.807) is 16.8 Å². The summed E-state index contributed by atoms with van der Waals surface area (Å²) in [4.78, 5) is 12.7. The summed E-state index contributed by atoms with van der Waals surface area (Å²) in [5, 5.41) is 16.7. The summed E-state index contributed by atoms with van der Waals surface area (Å²) in [6.07, 6.45) is 1.43. The number of amides is 1. The van der Waals surface area contributed by atoms with Gasteiger partial charge in [-0.1, -0.05) is 48.5 Å². The first-order valence-electron chi connectivity index (χ1n) is 9.34. The lowest BCUT2D eigenvalue weighted by Crippen LogP contribution is -2.16. The van der Waals surface area contributed by atoms with Crippen molar-refractivity contribution in [1.29, 1.82) is 5.26 Å². The van der Waals surface area contributed by atoms with E-state index in [-0.39, 0.29) is 5.57 Å². The molecule has 0 spiro atoms. The Labute approximate surface area is 173 Å². The van der Waals surface area contributed by atoms with Gasteiger partial charge in [0.2, 0.25) is 0 Å². The third kappa shape index (κ3) is 4.05. The summed E-state index contributed by atoms with van der Waals surface area (Å²) in [6, 6.07) is 26.3. The van der Waals surface area contributed by atoms with Crippen molar-refractivity contribution in [2.24, 2.45) is 0 Å². The fourth-order valence-corrected chi connectivity index (χ4v) is 3.02. The Hall–Kier alpha value is -4.37. The van der Waals surface area contributed by atoms with E-state index < -0.39 is 5.91 Å². The number of carbonyl (C=O) groups excluding carboxylic acids is 1. The molecule has 4 rings (SSSR count). The number of rotatable bonds is 5. The topological polar surface area (TPSA) is 83.9 Å². The van der Waals surface area contributed by atoms with Gasteiger partial charge >= 0.3 is 0 Å². The number of para-hydroxylation sites is 1. The van der Waals surface area contributed by atoms with Crippen LogP contribution in [0.5, 0.6) is 0 Å². The maximum atomic E-state index is 12.7. The Morgan fingerprint density at radius 1 is 1.07 bits per heavy atom. The zero-order valence-electron chi connectivity index (χ0n) is 16.2. The number of nitrogens with zero attached hydrogens (tertiary/aromatic N) is 3. The highest BCUT2D eigenvalue weighted by Gasteiger charge is 2.15. The van der Waals surface area contributed by atoms with E-state index in [0.717, 1.165) is 16.9 Å². The number of hydrogen-bond donors (Lipinski definition) is 1. The highest BCUT2D eigenvalue weighted by atomic mass is 16.3. The van der Waals surface area contributed by atoms with Crippen molar-refractivity contribution in [1.82, 2.24) is 9.78 Å². The van der Waals surface area contributed by atoms with E-state index in [1.165, 1.54) is 6.08 Å². The van der Waals surface area contributed by atoms with Crippen LogP contribution in [0.2, 0.25) is 0 Å². The Balaban J connectivity index is 1.58. The molecule has 2 heterocycles. The molecule has 1 N–H and O–H groups in total. The average molecular weight is 394 g/mol. The highest BCUT2D eigenvalue weighted by molar-refractivity contribution is 6.09. The second kappa shape index (κ2) is 8.33. The molecule has 6 nitrogen and oxygen atoms in total. The first kappa shape index (κ1) is 19.0. The summed E-state index contributed by atoms with van der Waals surface area (Å²) in [5.41, 5.74) is 2.40. The number of aromatic nitrogens is 2. The van der Waals surface area contributed by atoms with Gasteiger partial charge in [-0.25, -0.2) is 4.68 Å². The molecule has 6 heteroatoms. The summed E-state index contributed by atoms with van der Waals surface area (Å²) < 4.78 is 7.40. The smallest absolute Gasteiger partial charge is 0.267 e. The van der Waals surface area contributed by atoms with Crippen LogP contribution >= 0.6 is 0 Å². The first-order chi connectivity index (χ1) is 14.6. The SMILES string of the molecule is Cc1cc(NC(=O)/C(C#N)=C/c2ccc(-c3ccccc3)o2)n(-c2ccccc2)n1. The molecule has 0 saturated carbocycles. The van der Waals surface area contributed by atoms with E-state index >= 15 is 0 Å². The molecule has 0 aliphatic rings. The maximum absolute atomic E-state index is 12.7. The van der Waals surface area contributed by atoms with Gasteiger partial charge in [-0.05, 0) is 31.2 Å². The lowest BCUT2D eigenvalue weighted by Gasteiger charge is -2.08. The molecule has 30 heavy (non-hydrogen) atoms. The molecule has 0 radical (unpaired) electrons. The average Bonchev–Trinajstić information content (AvgIpc) is 3.39. The van der Waals surface area contributed by atoms with E-state index in [1.807, 2.05) is 79.7 Å². The van der Waals surface area contributed by atoms with Crippen LogP contribution in [-0.2, 0) is 4.79 Å². The number of hydrogen-bond acceptors (Lipinski definition) is 4. The van der Waals surface area contributed by atoms with E-state index in [9.17, 15) is 10.1 Å². The van der Waals surface area contributed by atoms with Crippen LogP contribution in [0.1, 0.15) is 11.5 Å². The Bertz CT molecular complexity index is 1250. The van der Waals surface area contributed by atoms with Crippen molar-refractivity contribution in [2.75, 3.05) is 5.32 Å². The molecular formula is C24H18N4O2. The van der Waals surface area contributed by atoms with Crippen LogP contribution in [0.3, 0.4) is 0 Å². The normalized spacial score (nSPS) is 11.1. The zero-order valence-corrected chi connectivity index (χ0v) is 16.2. The summed E-state index contributed by atoms with van der Waals surface area (Å²) in [5.74, 6) is 1.03. The van der Waals surface area contributed by atoms with E-state index in [4.69, 9.17) is 4.42 Å². The second-order valence-corrected chi connectivity index (χ2v) is 6.61. The monoisotopic (exact) mass is 394 g/mol. The molecule has 4 aromatic rings. The van der Waals surface area contributed by atoms with Gasteiger partial charge in [0.15, 0.2) is 0 Å². The Morgan fingerprint density at radius 2 is 1.77 bits per heavy atom. The van der Waals surface area contributed by atoms with Crippen LogP contribution in [-0.4, -0.2) is 15.7 Å². The van der Waals surface area contributed by atoms with Crippen LogP contribution in [0, 0.1) is 18.3 Å². The van der Waals surface area contributed by atoms with Gasteiger partial charge in [-0.15, -0.1) is 0 Å². The Kier molecular flexibility index (Phi) is 5.27. The molecule has 0 saturated heterocycles. The maximum Gasteiger partial charge on any atom is 0.267 e. The van der Waals surface area contributed by atoms with Gasteiger partial charge in [0.1, 0.15) is 29.0 Å². The van der Waals surface area contributed by atoms with Crippen LogP contribution in [0.15, 0.2) is 88.9 Å². The summed E-state index contributed by atoms with van der Waals surface area (Å²) >= 11 is 0. The number of nitriles is 1. The van der Waals surface area contributed by atoms with Crippen molar-refractivity contribution in [3.8, 4) is 23.1 Å². The first-order valence-corrected chi connectivity index (χ1v) is 9.34. The minimum Gasteiger partial charge on any atom is -0.457 e. The van der Waals surface area contributed by atoms with Crippen molar-refractivity contribution in [3.63, 3.8) is 0 Å². The number of nitrogens with one attached hydrogen (secondary N) is 1. The highest BCUT2D eigenvalue weighted by Crippen LogP contribution is 2.23. The molecule has 0 aliphatic heterocycles. The molecule has 0 aliphatic carbocycles. The summed E-state index contributed by atoms with van der Waals surface area (Å²) in [6.45, 7) is 1.84. The standard InChI is InChI=1S/C24H18N4O2/c1-17-14-23(28(27-17)20-10-6-3-7-11-20)26-24(29)19(16-25)15-21-12-13-22(30-21)18-8-4-2-5-9-18/h2-15H,1H3,(H,26,29)/b19-15+. The predicted octanol–water partition coefficient (Wildman–Crippen LogP) is 4.99.